The van der Waals surface area contributed by atoms with E-state index >= 15 is 0 Å². The number of nitrogens with two attached hydrogens (primary N) is 1. The van der Waals surface area contributed by atoms with Gasteiger partial charge in [0.05, 0.1) is 0 Å². The van der Waals surface area contributed by atoms with Gasteiger partial charge in [0.2, 0.25) is 0 Å². The molecule has 1 heterocycles. The van der Waals surface area contributed by atoms with Gasteiger partial charge in [-0.15, -0.1) is 0 Å². The third-order valence-electron chi connectivity index (χ3n) is 4.75. The van der Waals surface area contributed by atoms with Gasteiger partial charge in [0.15, 0.2) is 0 Å². The summed E-state index contributed by atoms with van der Waals surface area (Å²) in [6, 6.07) is 9.39. The molecule has 1 aliphatic rings. The largest absolute Gasteiger partial charge is 0.326 e. The van der Waals surface area contributed by atoms with Crippen LogP contribution < -0.4 is 5.73 Å². The molecule has 1 saturated heterocycles. The third-order valence-corrected chi connectivity index (χ3v) is 4.75. The average molecular weight is 274 g/mol. The maximum Gasteiger partial charge on any atom is 0.0496 e. The molecule has 3 atom stereocenters. The van der Waals surface area contributed by atoms with E-state index in [-0.39, 0.29) is 6.04 Å². The predicted molar refractivity (Wildman–Crippen MR) is 86.7 cm³/mol. The molecule has 1 fully saturated rings. The van der Waals surface area contributed by atoms with Crippen LogP contribution in [0.3, 0.4) is 0 Å². The fourth-order valence-corrected chi connectivity index (χ4v) is 3.36. The van der Waals surface area contributed by atoms with E-state index in [1.165, 1.54) is 30.6 Å². The molecule has 2 N–H and O–H groups in total. The van der Waals surface area contributed by atoms with E-state index in [2.05, 4.69) is 63.8 Å². The zero-order valence-corrected chi connectivity index (χ0v) is 13.7. The topological polar surface area (TPSA) is 29.3 Å². The Morgan fingerprint density at radius 3 is 2.25 bits per heavy atom. The average Bonchev–Trinajstić information content (AvgIpc) is 2.80. The van der Waals surface area contributed by atoms with Crippen LogP contribution in [0.5, 0.6) is 0 Å². The highest BCUT2D eigenvalue weighted by atomic mass is 15.2. The molecule has 0 spiro atoms. The van der Waals surface area contributed by atoms with Crippen molar-refractivity contribution in [2.24, 2.45) is 17.1 Å². The van der Waals surface area contributed by atoms with Gasteiger partial charge < -0.3 is 5.73 Å². The van der Waals surface area contributed by atoms with Crippen molar-refractivity contribution in [1.82, 2.24) is 4.90 Å². The summed E-state index contributed by atoms with van der Waals surface area (Å²) in [4.78, 5) is 2.59. The first-order chi connectivity index (χ1) is 9.29. The summed E-state index contributed by atoms with van der Waals surface area (Å²) in [5, 5.41) is 0. The van der Waals surface area contributed by atoms with Crippen LogP contribution in [-0.4, -0.2) is 24.0 Å². The van der Waals surface area contributed by atoms with Gasteiger partial charge in [0.1, 0.15) is 0 Å². The second-order valence-electron chi connectivity index (χ2n) is 7.56. The molecule has 1 aromatic rings. The van der Waals surface area contributed by atoms with Crippen molar-refractivity contribution < 1.29 is 0 Å². The maximum atomic E-state index is 6.30. The Morgan fingerprint density at radius 2 is 1.80 bits per heavy atom. The molecule has 0 amide bonds. The zero-order chi connectivity index (χ0) is 14.9. The lowest BCUT2D eigenvalue weighted by atomic mass is 9.80. The molecular formula is C18H30N2. The molecular weight excluding hydrogens is 244 g/mol. The Morgan fingerprint density at radius 1 is 1.20 bits per heavy atom. The van der Waals surface area contributed by atoms with Crippen LogP contribution in [0.15, 0.2) is 24.3 Å². The molecule has 1 aliphatic heterocycles. The van der Waals surface area contributed by atoms with E-state index in [1.54, 1.807) is 0 Å². The number of hydrogen-bond donors (Lipinski definition) is 1. The van der Waals surface area contributed by atoms with E-state index in [1.807, 2.05) is 0 Å². The Bertz CT molecular complexity index is 428. The van der Waals surface area contributed by atoms with Crippen LogP contribution in [0.4, 0.5) is 0 Å². The zero-order valence-electron chi connectivity index (χ0n) is 13.7. The third kappa shape index (κ3) is 3.42. The van der Waals surface area contributed by atoms with Crippen LogP contribution in [0, 0.1) is 18.3 Å². The van der Waals surface area contributed by atoms with Gasteiger partial charge in [0, 0.05) is 18.6 Å². The first-order valence-electron chi connectivity index (χ1n) is 7.85. The summed E-state index contributed by atoms with van der Waals surface area (Å²) >= 11 is 0. The first kappa shape index (κ1) is 15.5. The molecule has 0 aliphatic carbocycles. The van der Waals surface area contributed by atoms with E-state index < -0.39 is 0 Å². The standard InChI is InChI=1S/C18H30N2/c1-13-6-8-15(9-7-13)17(14(2)19)20-11-10-16(12-20)18(3,4)5/h6-9,14,16-17H,10-12,19H2,1-5H3. The number of aryl methyl sites for hydroxylation is 1. The fourth-order valence-electron chi connectivity index (χ4n) is 3.36. The van der Waals surface area contributed by atoms with Crippen LogP contribution in [0.25, 0.3) is 0 Å². The van der Waals surface area contributed by atoms with E-state index in [0.717, 1.165) is 5.92 Å². The summed E-state index contributed by atoms with van der Waals surface area (Å²) in [5.74, 6) is 0.772. The summed E-state index contributed by atoms with van der Waals surface area (Å²) in [6.45, 7) is 13.7. The quantitative estimate of drug-likeness (QED) is 0.909. The van der Waals surface area contributed by atoms with Crippen molar-refractivity contribution in [2.75, 3.05) is 13.1 Å². The minimum absolute atomic E-state index is 0.163. The van der Waals surface area contributed by atoms with Gasteiger partial charge >= 0.3 is 0 Å². The Balaban J connectivity index is 2.17. The number of benzene rings is 1. The molecule has 0 saturated carbocycles. The first-order valence-corrected chi connectivity index (χ1v) is 7.85. The maximum absolute atomic E-state index is 6.30. The van der Waals surface area contributed by atoms with Crippen molar-refractivity contribution in [2.45, 2.75) is 53.1 Å². The summed E-state index contributed by atoms with van der Waals surface area (Å²) in [5.41, 5.74) is 9.37. The minimum Gasteiger partial charge on any atom is -0.326 e. The molecule has 0 bridgehead atoms. The molecule has 2 nitrogen and oxygen atoms in total. The molecule has 112 valence electrons. The Kier molecular flexibility index (Phi) is 4.55. The lowest BCUT2D eigenvalue weighted by molar-refractivity contribution is 0.180. The van der Waals surface area contributed by atoms with Crippen molar-refractivity contribution in [3.8, 4) is 0 Å². The summed E-state index contributed by atoms with van der Waals surface area (Å²) in [6.07, 6.45) is 1.29. The second kappa shape index (κ2) is 5.87. The van der Waals surface area contributed by atoms with E-state index in [4.69, 9.17) is 5.73 Å². The van der Waals surface area contributed by atoms with Crippen LogP contribution in [-0.2, 0) is 0 Å². The molecule has 2 rings (SSSR count). The lowest BCUT2D eigenvalue weighted by Crippen LogP contribution is -2.39. The number of nitrogens with zero attached hydrogens (tertiary/aromatic N) is 1. The monoisotopic (exact) mass is 274 g/mol. The molecule has 0 radical (unpaired) electrons. The molecule has 20 heavy (non-hydrogen) atoms. The highest BCUT2D eigenvalue weighted by molar-refractivity contribution is 5.25. The molecule has 3 unspecified atom stereocenters. The molecule has 1 aromatic carbocycles. The van der Waals surface area contributed by atoms with Crippen molar-refractivity contribution in [3.05, 3.63) is 35.4 Å². The smallest absolute Gasteiger partial charge is 0.0496 e. The highest BCUT2D eigenvalue weighted by Gasteiger charge is 2.36. The van der Waals surface area contributed by atoms with Gasteiger partial charge in [0.25, 0.3) is 0 Å². The molecule has 0 aromatic heterocycles. The fraction of sp³-hybridized carbons (Fsp3) is 0.667. The van der Waals surface area contributed by atoms with Gasteiger partial charge in [-0.25, -0.2) is 0 Å². The van der Waals surface area contributed by atoms with Gasteiger partial charge in [-0.05, 0) is 43.7 Å². The number of hydrogen-bond acceptors (Lipinski definition) is 2. The predicted octanol–water partition coefficient (Wildman–Crippen LogP) is 3.75. The second-order valence-corrected chi connectivity index (χ2v) is 7.56. The molecule has 2 heteroatoms. The summed E-state index contributed by atoms with van der Waals surface area (Å²) < 4.78 is 0. The van der Waals surface area contributed by atoms with Crippen molar-refractivity contribution in [1.29, 1.82) is 0 Å². The normalized spacial score (nSPS) is 23.8. The van der Waals surface area contributed by atoms with Gasteiger partial charge in [-0.2, -0.15) is 0 Å². The Labute approximate surface area is 124 Å². The number of rotatable bonds is 3. The van der Waals surface area contributed by atoms with Gasteiger partial charge in [-0.1, -0.05) is 50.6 Å². The highest BCUT2D eigenvalue weighted by Crippen LogP contribution is 2.37. The lowest BCUT2D eigenvalue weighted by Gasteiger charge is -2.33. The van der Waals surface area contributed by atoms with Gasteiger partial charge in [-0.3, -0.25) is 4.90 Å². The Hall–Kier alpha value is -0.860. The van der Waals surface area contributed by atoms with Crippen LogP contribution in [0.2, 0.25) is 0 Å². The van der Waals surface area contributed by atoms with Crippen LogP contribution >= 0.6 is 0 Å². The van der Waals surface area contributed by atoms with Crippen molar-refractivity contribution >= 4 is 0 Å². The van der Waals surface area contributed by atoms with E-state index in [9.17, 15) is 0 Å². The SMILES string of the molecule is Cc1ccc(C(C(C)N)N2CCC(C(C)(C)C)C2)cc1. The summed E-state index contributed by atoms with van der Waals surface area (Å²) in [7, 11) is 0. The number of likely N-dealkylation sites (tertiary alicyclic amines) is 1. The minimum atomic E-state index is 0.163. The van der Waals surface area contributed by atoms with Crippen LogP contribution in [0.1, 0.15) is 51.3 Å². The van der Waals surface area contributed by atoms with Crippen molar-refractivity contribution in [3.63, 3.8) is 0 Å². The van der Waals surface area contributed by atoms with E-state index in [0.29, 0.717) is 11.5 Å².